The second-order valence-corrected chi connectivity index (χ2v) is 15.5. The molecule has 3 fully saturated rings. The van der Waals surface area contributed by atoms with Gasteiger partial charge in [-0.05, 0) is 78.4 Å². The normalized spacial score (nSPS) is 24.6. The number of nitrogens with zero attached hydrogens (tertiary/aromatic N) is 5. The Morgan fingerprint density at radius 3 is 2.12 bits per heavy atom. The van der Waals surface area contributed by atoms with Crippen LogP contribution in [0.5, 0.6) is 11.5 Å². The quantitative estimate of drug-likeness (QED) is 0.0830. The number of imide groups is 2. The number of ether oxygens (including phenoxy) is 1. The Bertz CT molecular complexity index is 2500. The van der Waals surface area contributed by atoms with E-state index in [1.165, 1.54) is 50.4 Å². The van der Waals surface area contributed by atoms with E-state index in [2.05, 4.69) is 5.43 Å². The first-order valence-electron chi connectivity index (χ1n) is 18.4. The number of methoxy groups -OCH3 is 1. The number of fused-ring (bicyclic) bond motifs is 4. The van der Waals surface area contributed by atoms with Gasteiger partial charge >= 0.3 is 11.4 Å². The summed E-state index contributed by atoms with van der Waals surface area (Å²) < 4.78 is 19.2. The van der Waals surface area contributed by atoms with Crippen molar-refractivity contribution in [2.24, 2.45) is 23.7 Å². The highest BCUT2D eigenvalue weighted by Crippen LogP contribution is 2.64. The second kappa shape index (κ2) is 14.2. The molecule has 2 heterocycles. The van der Waals surface area contributed by atoms with E-state index in [0.717, 1.165) is 34.2 Å². The van der Waals surface area contributed by atoms with Crippen molar-refractivity contribution in [1.82, 2.24) is 5.01 Å². The molecular weight excluding hydrogens is 791 g/mol. The number of hydrogen-bond acceptors (Lipinski definition) is 12. The van der Waals surface area contributed by atoms with Crippen LogP contribution in [0, 0.1) is 49.7 Å². The SMILES string of the molecule is COc1ccc(C2C3=CCC4C(=O)N(c5cc([N+](=O)[O-])c(N(C)C)c([N+](=O)[O-])c5)C(=O)C4C3CC3C(=O)N(Nc4ccc(F)cc4)C(=O)C32c2ccc(Cl)cc2)cc1O. The number of carbonyl (C=O) groups is 4. The first-order valence-corrected chi connectivity index (χ1v) is 18.7. The lowest BCUT2D eigenvalue weighted by atomic mass is 9.49. The number of benzene rings is 4. The van der Waals surface area contributed by atoms with Crippen molar-refractivity contribution in [3.8, 4) is 11.5 Å². The Hall–Kier alpha value is -6.88. The van der Waals surface area contributed by atoms with E-state index in [1.54, 1.807) is 36.4 Å². The summed E-state index contributed by atoms with van der Waals surface area (Å²) in [5, 5.41) is 36.8. The number of carbonyl (C=O) groups excluding carboxylic acids is 4. The summed E-state index contributed by atoms with van der Waals surface area (Å²) >= 11 is 6.34. The number of aromatic hydroxyl groups is 1. The van der Waals surface area contributed by atoms with E-state index >= 15 is 4.79 Å². The van der Waals surface area contributed by atoms with Crippen molar-refractivity contribution in [3.05, 3.63) is 133 Å². The van der Waals surface area contributed by atoms with E-state index in [9.17, 15) is 44.1 Å². The number of nitrogens with one attached hydrogen (secondary N) is 1. The Morgan fingerprint density at radius 1 is 0.898 bits per heavy atom. The van der Waals surface area contributed by atoms with Crippen LogP contribution in [-0.2, 0) is 24.6 Å². The van der Waals surface area contributed by atoms with Gasteiger partial charge in [-0.15, -0.1) is 0 Å². The average molecular weight is 825 g/mol. The monoisotopic (exact) mass is 824 g/mol. The molecule has 2 N–H and O–H groups in total. The predicted molar refractivity (Wildman–Crippen MR) is 210 cm³/mol. The molecule has 1 saturated carbocycles. The van der Waals surface area contributed by atoms with Crippen LogP contribution in [0.4, 0.5) is 32.8 Å². The highest BCUT2D eigenvalue weighted by molar-refractivity contribution is 6.30. The Morgan fingerprint density at radius 2 is 1.54 bits per heavy atom. The van der Waals surface area contributed by atoms with Gasteiger partial charge in [-0.2, -0.15) is 5.01 Å². The Labute approximate surface area is 339 Å². The summed E-state index contributed by atoms with van der Waals surface area (Å²) in [5.41, 5.74) is 0.567. The number of anilines is 3. The van der Waals surface area contributed by atoms with Crippen LogP contribution in [-0.4, -0.2) is 64.8 Å². The maximum atomic E-state index is 15.3. The zero-order chi connectivity index (χ0) is 42.2. The van der Waals surface area contributed by atoms with Crippen molar-refractivity contribution in [3.63, 3.8) is 0 Å². The third kappa shape index (κ3) is 5.86. The van der Waals surface area contributed by atoms with Crippen molar-refractivity contribution in [1.29, 1.82) is 0 Å². The molecule has 0 aromatic heterocycles. The topological polar surface area (TPSA) is 206 Å². The maximum Gasteiger partial charge on any atom is 0.301 e. The van der Waals surface area contributed by atoms with Crippen molar-refractivity contribution in [2.45, 2.75) is 24.2 Å². The molecular formula is C41H34ClFN6O10. The van der Waals surface area contributed by atoms with Crippen LogP contribution in [0.25, 0.3) is 0 Å². The van der Waals surface area contributed by atoms with Gasteiger partial charge in [-0.1, -0.05) is 41.4 Å². The lowest BCUT2D eigenvalue weighted by Gasteiger charge is -2.50. The number of amides is 4. The molecule has 302 valence electrons. The summed E-state index contributed by atoms with van der Waals surface area (Å²) in [4.78, 5) is 84.0. The average Bonchev–Trinajstić information content (AvgIpc) is 3.58. The van der Waals surface area contributed by atoms with E-state index in [-0.39, 0.29) is 41.4 Å². The number of nitro benzene ring substituents is 2. The van der Waals surface area contributed by atoms with Gasteiger partial charge in [-0.25, -0.2) is 9.29 Å². The zero-order valence-electron chi connectivity index (χ0n) is 31.5. The fourth-order valence-corrected chi connectivity index (χ4v) is 9.75. The molecule has 18 heteroatoms. The van der Waals surface area contributed by atoms with Crippen LogP contribution < -0.4 is 20.0 Å². The summed E-state index contributed by atoms with van der Waals surface area (Å²) in [5.74, 6) is -8.93. The molecule has 0 bridgehead atoms. The van der Waals surface area contributed by atoms with E-state index in [1.807, 2.05) is 0 Å². The first-order chi connectivity index (χ1) is 28.1. The smallest absolute Gasteiger partial charge is 0.301 e. The summed E-state index contributed by atoms with van der Waals surface area (Å²) in [7, 11) is 4.14. The van der Waals surface area contributed by atoms with Crippen molar-refractivity contribution in [2.75, 3.05) is 36.4 Å². The predicted octanol–water partition coefficient (Wildman–Crippen LogP) is 6.27. The number of hydrogen-bond donors (Lipinski definition) is 2. The minimum absolute atomic E-state index is 0.0305. The summed E-state index contributed by atoms with van der Waals surface area (Å²) in [6.07, 6.45) is 1.60. The Balaban J connectivity index is 1.31. The number of halogens is 2. The third-order valence-corrected chi connectivity index (χ3v) is 12.2. The van der Waals surface area contributed by atoms with Crippen molar-refractivity contribution >= 4 is 63.7 Å². The van der Waals surface area contributed by atoms with Gasteiger partial charge < -0.3 is 14.7 Å². The second-order valence-electron chi connectivity index (χ2n) is 15.1. The molecule has 4 aromatic rings. The lowest BCUT2D eigenvalue weighted by molar-refractivity contribution is -0.392. The van der Waals surface area contributed by atoms with Gasteiger partial charge in [0.05, 0.1) is 51.5 Å². The molecule has 4 aliphatic rings. The van der Waals surface area contributed by atoms with Gasteiger partial charge in [0.25, 0.3) is 11.8 Å². The summed E-state index contributed by atoms with van der Waals surface area (Å²) in [6, 6.07) is 17.9. The molecule has 2 aliphatic heterocycles. The molecule has 2 aliphatic carbocycles. The molecule has 16 nitrogen and oxygen atoms in total. The number of rotatable bonds is 9. The number of phenols is 1. The van der Waals surface area contributed by atoms with Gasteiger partial charge in [0, 0.05) is 37.2 Å². The fraction of sp³-hybridized carbons (Fsp3) is 0.268. The summed E-state index contributed by atoms with van der Waals surface area (Å²) in [6.45, 7) is 0. The van der Waals surface area contributed by atoms with E-state index in [4.69, 9.17) is 16.3 Å². The van der Waals surface area contributed by atoms with Gasteiger partial charge in [-0.3, -0.25) is 44.8 Å². The van der Waals surface area contributed by atoms with E-state index in [0.29, 0.717) is 21.7 Å². The highest BCUT2D eigenvalue weighted by atomic mass is 35.5. The minimum atomic E-state index is -1.74. The molecule has 4 amide bonds. The molecule has 59 heavy (non-hydrogen) atoms. The molecule has 0 radical (unpaired) electrons. The molecule has 0 spiro atoms. The third-order valence-electron chi connectivity index (χ3n) is 11.9. The van der Waals surface area contributed by atoms with Crippen LogP contribution >= 0.6 is 11.6 Å². The highest BCUT2D eigenvalue weighted by Gasteiger charge is 2.70. The fourth-order valence-electron chi connectivity index (χ4n) is 9.63. The standard InChI is InChI=1S/C41H34ClFN6O10/c1-45(2)36-30(48(55)56)17-25(18-31(36)49(57)58)46-37(51)27-14-13-26-28(34(27)39(46)53)19-29-38(52)47(44-24-11-9-23(43)10-12-24)40(54)41(29,21-5-7-22(42)8-6-21)35(26)20-4-15-33(59-3)32(50)16-20/h4-13,15-18,27-29,34-35,44,50H,14,19H2,1-3H3. The van der Waals surface area contributed by atoms with Gasteiger partial charge in [0.2, 0.25) is 11.8 Å². The van der Waals surface area contributed by atoms with Gasteiger partial charge in [0.15, 0.2) is 17.2 Å². The van der Waals surface area contributed by atoms with Crippen LogP contribution in [0.3, 0.4) is 0 Å². The Kier molecular flexibility index (Phi) is 9.37. The first kappa shape index (κ1) is 39.0. The largest absolute Gasteiger partial charge is 0.504 e. The molecule has 6 unspecified atom stereocenters. The number of nitro groups is 2. The number of phenolic OH excluding ortho intramolecular Hbond substituents is 1. The minimum Gasteiger partial charge on any atom is -0.504 e. The van der Waals surface area contributed by atoms with Crippen LogP contribution in [0.1, 0.15) is 29.9 Å². The van der Waals surface area contributed by atoms with Crippen molar-refractivity contribution < 1.29 is 43.3 Å². The van der Waals surface area contributed by atoms with Crippen LogP contribution in [0.2, 0.25) is 5.02 Å². The van der Waals surface area contributed by atoms with Crippen LogP contribution in [0.15, 0.2) is 90.5 Å². The molecule has 8 rings (SSSR count). The lowest BCUT2D eigenvalue weighted by Crippen LogP contribution is -2.53. The number of hydrazine groups is 1. The molecule has 4 aromatic carbocycles. The maximum absolute atomic E-state index is 15.3. The number of allylic oxidation sites excluding steroid dienone is 2. The zero-order valence-corrected chi connectivity index (χ0v) is 32.3. The molecule has 6 atom stereocenters. The van der Waals surface area contributed by atoms with Gasteiger partial charge in [0.1, 0.15) is 5.82 Å². The molecule has 2 saturated heterocycles. The van der Waals surface area contributed by atoms with E-state index < -0.39 is 85.7 Å².